The highest BCUT2D eigenvalue weighted by Crippen LogP contribution is 2.18. The highest BCUT2D eigenvalue weighted by Gasteiger charge is 2.33. The second-order valence-electron chi connectivity index (χ2n) is 18.4. The summed E-state index contributed by atoms with van der Waals surface area (Å²) in [6.07, 6.45) is 0.0977. The maximum atomic E-state index is 14.0. The number of nitrogens with zero attached hydrogens (tertiary/aromatic N) is 4. The summed E-state index contributed by atoms with van der Waals surface area (Å²) in [7, 11) is 0. The van der Waals surface area contributed by atoms with Crippen LogP contribution in [0.15, 0.2) is 30.3 Å². The highest BCUT2D eigenvalue weighted by molar-refractivity contribution is 5.78. The van der Waals surface area contributed by atoms with Crippen LogP contribution < -0.4 is 0 Å². The first kappa shape index (κ1) is 48.6. The van der Waals surface area contributed by atoms with E-state index in [-0.39, 0.29) is 45.1 Å². The van der Waals surface area contributed by atoms with Crippen molar-refractivity contribution in [2.45, 2.75) is 131 Å². The fourth-order valence-corrected chi connectivity index (χ4v) is 5.89. The first-order valence-electron chi connectivity index (χ1n) is 19.8. The average Bonchev–Trinajstić information content (AvgIpc) is 3.01. The monoisotopic (exact) mass is 791 g/mol. The second-order valence-corrected chi connectivity index (χ2v) is 18.4. The molecule has 1 aliphatic rings. The maximum absolute atomic E-state index is 14.0. The molecule has 1 aliphatic heterocycles. The van der Waals surface area contributed by atoms with E-state index in [4.69, 9.17) is 23.7 Å². The quantitative estimate of drug-likeness (QED) is 0.205. The van der Waals surface area contributed by atoms with Gasteiger partial charge < -0.3 is 23.7 Å². The number of carbonyl (C=O) groups excluding carboxylic acids is 5. The Bertz CT molecular complexity index is 1360. The predicted octanol–water partition coefficient (Wildman–Crippen LogP) is 4.47. The van der Waals surface area contributed by atoms with E-state index in [2.05, 4.69) is 0 Å². The van der Waals surface area contributed by atoms with Gasteiger partial charge in [0.15, 0.2) is 0 Å². The molecule has 2 rings (SSSR count). The molecule has 0 amide bonds. The molecule has 0 bridgehead atoms. The number of carbonyl (C=O) groups is 5. The molecule has 0 aliphatic carbocycles. The molecule has 1 aromatic rings. The zero-order valence-corrected chi connectivity index (χ0v) is 36.2. The van der Waals surface area contributed by atoms with Crippen molar-refractivity contribution in [1.29, 1.82) is 0 Å². The summed E-state index contributed by atoms with van der Waals surface area (Å²) in [5.74, 6) is -2.11. The Morgan fingerprint density at radius 3 is 1.23 bits per heavy atom. The molecule has 0 N–H and O–H groups in total. The van der Waals surface area contributed by atoms with E-state index >= 15 is 0 Å². The maximum Gasteiger partial charge on any atom is 0.323 e. The molecule has 1 aromatic carbocycles. The smallest absolute Gasteiger partial charge is 0.323 e. The van der Waals surface area contributed by atoms with Crippen LogP contribution in [0.1, 0.15) is 101 Å². The molecular weight excluding hydrogens is 720 g/mol. The van der Waals surface area contributed by atoms with Gasteiger partial charge in [-0.15, -0.1) is 0 Å². The van der Waals surface area contributed by atoms with Gasteiger partial charge in [0.1, 0.15) is 35.1 Å². The Balaban J connectivity index is 2.46. The van der Waals surface area contributed by atoms with E-state index in [1.807, 2.05) is 112 Å². The van der Waals surface area contributed by atoms with Crippen LogP contribution >= 0.6 is 0 Å². The Hall–Kier alpha value is -3.59. The molecule has 318 valence electrons. The molecule has 0 spiro atoms. The molecule has 14 heteroatoms. The van der Waals surface area contributed by atoms with Crippen molar-refractivity contribution in [2.24, 2.45) is 0 Å². The van der Waals surface area contributed by atoms with Gasteiger partial charge in [0.25, 0.3) is 0 Å². The molecule has 1 saturated heterocycles. The summed E-state index contributed by atoms with van der Waals surface area (Å²) in [6, 6.07) is 8.53. The molecule has 0 aromatic heterocycles. The average molecular weight is 791 g/mol. The second kappa shape index (κ2) is 21.8. The lowest BCUT2D eigenvalue weighted by molar-refractivity contribution is -0.163. The van der Waals surface area contributed by atoms with Gasteiger partial charge in [-0.1, -0.05) is 30.3 Å². The molecule has 0 unspecified atom stereocenters. The lowest BCUT2D eigenvalue weighted by Gasteiger charge is -2.37. The summed E-state index contributed by atoms with van der Waals surface area (Å²) in [6.45, 7) is 24.7. The molecule has 1 fully saturated rings. The zero-order valence-electron chi connectivity index (χ0n) is 36.2. The van der Waals surface area contributed by atoms with Crippen molar-refractivity contribution in [3.8, 4) is 0 Å². The number of ether oxygens (including phenoxy) is 5. The van der Waals surface area contributed by atoms with Crippen LogP contribution in [0.5, 0.6) is 0 Å². The Morgan fingerprint density at radius 1 is 0.518 bits per heavy atom. The van der Waals surface area contributed by atoms with Gasteiger partial charge in [0.2, 0.25) is 0 Å². The van der Waals surface area contributed by atoms with Gasteiger partial charge in [-0.05, 0) is 95.1 Å². The van der Waals surface area contributed by atoms with Crippen molar-refractivity contribution in [3.05, 3.63) is 35.9 Å². The first-order chi connectivity index (χ1) is 25.8. The molecule has 56 heavy (non-hydrogen) atoms. The first-order valence-corrected chi connectivity index (χ1v) is 19.8. The number of rotatable bonds is 13. The Kier molecular flexibility index (Phi) is 18.9. The summed E-state index contributed by atoms with van der Waals surface area (Å²) in [5, 5.41) is 0. The van der Waals surface area contributed by atoms with E-state index in [1.54, 1.807) is 20.8 Å². The molecule has 1 heterocycles. The third-order valence-electron chi connectivity index (χ3n) is 8.17. The predicted molar refractivity (Wildman–Crippen MR) is 214 cm³/mol. The minimum absolute atomic E-state index is 0.0148. The van der Waals surface area contributed by atoms with Gasteiger partial charge in [-0.2, -0.15) is 0 Å². The third-order valence-corrected chi connectivity index (χ3v) is 8.17. The van der Waals surface area contributed by atoms with Crippen LogP contribution in [0.25, 0.3) is 0 Å². The van der Waals surface area contributed by atoms with Gasteiger partial charge in [0, 0.05) is 58.8 Å². The fraction of sp³-hybridized carbons (Fsp3) is 0.738. The van der Waals surface area contributed by atoms with E-state index in [1.165, 1.54) is 0 Å². The molecular formula is C42H70N4O10. The lowest BCUT2D eigenvalue weighted by Crippen LogP contribution is -2.53. The highest BCUT2D eigenvalue weighted by atomic mass is 16.6. The summed E-state index contributed by atoms with van der Waals surface area (Å²) in [5.41, 5.74) is -1.98. The Morgan fingerprint density at radius 2 is 0.875 bits per heavy atom. The number of esters is 5. The molecule has 1 atom stereocenters. The zero-order chi connectivity index (χ0) is 42.3. The Labute approximate surface area is 335 Å². The summed E-state index contributed by atoms with van der Waals surface area (Å²) in [4.78, 5) is 74.1. The number of benzene rings is 1. The van der Waals surface area contributed by atoms with E-state index in [9.17, 15) is 24.0 Å². The van der Waals surface area contributed by atoms with Crippen molar-refractivity contribution < 1.29 is 47.7 Å². The van der Waals surface area contributed by atoms with E-state index in [0.29, 0.717) is 52.4 Å². The van der Waals surface area contributed by atoms with Crippen LogP contribution in [0.4, 0.5) is 0 Å². The van der Waals surface area contributed by atoms with Crippen molar-refractivity contribution in [1.82, 2.24) is 19.6 Å². The topological polar surface area (TPSA) is 144 Å². The van der Waals surface area contributed by atoms with Crippen molar-refractivity contribution >= 4 is 29.8 Å². The van der Waals surface area contributed by atoms with Gasteiger partial charge >= 0.3 is 29.8 Å². The normalized spacial score (nSPS) is 17.1. The molecule has 14 nitrogen and oxygen atoms in total. The SMILES string of the molecule is CC(C)(C)OC(=O)CN1CCN(CC(=O)OC(C)(C)C)CCN([C@H](CCC(=O)OCc2ccccc2)C(=O)OC(C)(C)C)CCN(CC(=O)OC(C)(C)C)CC1. The summed E-state index contributed by atoms with van der Waals surface area (Å²) >= 11 is 0. The lowest BCUT2D eigenvalue weighted by atomic mass is 10.1. The molecule has 0 radical (unpaired) electrons. The van der Waals surface area contributed by atoms with Crippen LogP contribution in [0, 0.1) is 0 Å². The fourth-order valence-electron chi connectivity index (χ4n) is 5.89. The third kappa shape index (κ3) is 22.2. The van der Waals surface area contributed by atoms with Gasteiger partial charge in [0.05, 0.1) is 19.6 Å². The number of hydrogen-bond donors (Lipinski definition) is 0. The minimum atomic E-state index is -0.836. The van der Waals surface area contributed by atoms with E-state index in [0.717, 1.165) is 5.56 Å². The van der Waals surface area contributed by atoms with Crippen LogP contribution in [-0.2, 0) is 54.3 Å². The minimum Gasteiger partial charge on any atom is -0.461 e. The van der Waals surface area contributed by atoms with Crippen LogP contribution in [0.2, 0.25) is 0 Å². The van der Waals surface area contributed by atoms with Crippen LogP contribution in [0.3, 0.4) is 0 Å². The largest absolute Gasteiger partial charge is 0.461 e. The van der Waals surface area contributed by atoms with Crippen molar-refractivity contribution in [3.63, 3.8) is 0 Å². The van der Waals surface area contributed by atoms with Crippen LogP contribution in [-0.4, -0.2) is 150 Å². The van der Waals surface area contributed by atoms with Crippen molar-refractivity contribution in [2.75, 3.05) is 72.0 Å². The number of hydrogen-bond acceptors (Lipinski definition) is 14. The van der Waals surface area contributed by atoms with Gasteiger partial charge in [-0.3, -0.25) is 43.6 Å². The summed E-state index contributed by atoms with van der Waals surface area (Å²) < 4.78 is 28.5. The molecule has 0 saturated carbocycles. The van der Waals surface area contributed by atoms with Gasteiger partial charge in [-0.25, -0.2) is 0 Å². The standard InChI is InChI=1S/C42H70N4O10/c1-39(2,3)53-35(48)28-43-20-22-44(29-36(49)54-40(4,5)6)24-26-46(27-25-45(23-21-43)30-37(50)55-41(7,8)9)33(38(51)56-42(10,11)12)18-19-34(47)52-31-32-16-14-13-15-17-32/h13-17,33H,18-31H2,1-12H3/t33-/m1/s1. The van der Waals surface area contributed by atoms with E-state index < -0.39 is 52.3 Å².